The standard InChI is InChI=1S/C16H32N4O2/c1-13(2)18-16(21)17-7-4-15-12-20(10-11-22-15)14-5-8-19(3)9-6-14/h13-15H,4-12H2,1-3H3,(H2,17,18,21)/t15-/m1/s1. The van der Waals surface area contributed by atoms with Crippen molar-refractivity contribution in [1.29, 1.82) is 0 Å². The van der Waals surface area contributed by atoms with Crippen molar-refractivity contribution in [2.45, 2.75) is 51.3 Å². The van der Waals surface area contributed by atoms with Crippen molar-refractivity contribution in [2.24, 2.45) is 0 Å². The molecule has 2 saturated heterocycles. The highest BCUT2D eigenvalue weighted by Gasteiger charge is 2.28. The Morgan fingerprint density at radius 3 is 2.68 bits per heavy atom. The van der Waals surface area contributed by atoms with Crippen LogP contribution < -0.4 is 10.6 Å². The Labute approximate surface area is 134 Å². The molecule has 0 saturated carbocycles. The third kappa shape index (κ3) is 5.74. The third-order valence-corrected chi connectivity index (χ3v) is 4.55. The third-order valence-electron chi connectivity index (χ3n) is 4.55. The zero-order chi connectivity index (χ0) is 15.9. The molecular formula is C16H32N4O2. The molecule has 0 aromatic heterocycles. The van der Waals surface area contributed by atoms with Gasteiger partial charge in [0.05, 0.1) is 12.7 Å². The minimum absolute atomic E-state index is 0.0852. The number of morpholine rings is 1. The molecule has 2 N–H and O–H groups in total. The topological polar surface area (TPSA) is 56.8 Å². The number of ether oxygens (including phenoxy) is 1. The molecule has 2 fully saturated rings. The molecule has 128 valence electrons. The number of nitrogens with zero attached hydrogens (tertiary/aromatic N) is 2. The monoisotopic (exact) mass is 312 g/mol. The van der Waals surface area contributed by atoms with Crippen LogP contribution in [0.4, 0.5) is 4.79 Å². The minimum Gasteiger partial charge on any atom is -0.375 e. The zero-order valence-corrected chi connectivity index (χ0v) is 14.3. The lowest BCUT2D eigenvalue weighted by Gasteiger charge is -2.41. The summed E-state index contributed by atoms with van der Waals surface area (Å²) >= 11 is 0. The molecule has 2 heterocycles. The number of nitrogens with one attached hydrogen (secondary N) is 2. The van der Waals surface area contributed by atoms with E-state index in [0.29, 0.717) is 12.6 Å². The van der Waals surface area contributed by atoms with E-state index >= 15 is 0 Å². The number of hydrogen-bond acceptors (Lipinski definition) is 4. The van der Waals surface area contributed by atoms with Crippen molar-refractivity contribution >= 4 is 6.03 Å². The molecule has 0 aliphatic carbocycles. The molecule has 2 amide bonds. The molecule has 0 radical (unpaired) electrons. The van der Waals surface area contributed by atoms with Crippen LogP contribution in [-0.4, -0.2) is 80.4 Å². The highest BCUT2D eigenvalue weighted by Crippen LogP contribution is 2.19. The molecule has 2 aliphatic heterocycles. The van der Waals surface area contributed by atoms with Crippen molar-refractivity contribution in [3.05, 3.63) is 0 Å². The van der Waals surface area contributed by atoms with E-state index in [0.717, 1.165) is 26.1 Å². The second-order valence-electron chi connectivity index (χ2n) is 6.87. The summed E-state index contributed by atoms with van der Waals surface area (Å²) in [4.78, 5) is 16.6. The minimum atomic E-state index is -0.0852. The average Bonchev–Trinajstić information content (AvgIpc) is 2.47. The number of hydrogen-bond donors (Lipinski definition) is 2. The lowest BCUT2D eigenvalue weighted by molar-refractivity contribution is -0.0532. The van der Waals surface area contributed by atoms with Crippen LogP contribution in [0.1, 0.15) is 33.1 Å². The first kappa shape index (κ1) is 17.5. The largest absolute Gasteiger partial charge is 0.375 e. The van der Waals surface area contributed by atoms with Crippen molar-refractivity contribution in [1.82, 2.24) is 20.4 Å². The maximum atomic E-state index is 11.6. The fourth-order valence-corrected chi connectivity index (χ4v) is 3.27. The van der Waals surface area contributed by atoms with Crippen LogP contribution in [-0.2, 0) is 4.74 Å². The quantitative estimate of drug-likeness (QED) is 0.791. The summed E-state index contributed by atoms with van der Waals surface area (Å²) in [5.41, 5.74) is 0. The van der Waals surface area contributed by atoms with Gasteiger partial charge < -0.3 is 20.3 Å². The average molecular weight is 312 g/mol. The Morgan fingerprint density at radius 1 is 1.27 bits per heavy atom. The molecule has 6 heteroatoms. The van der Waals surface area contributed by atoms with Gasteiger partial charge in [-0.3, -0.25) is 4.90 Å². The number of piperidine rings is 1. The first-order valence-electron chi connectivity index (χ1n) is 8.63. The number of amides is 2. The van der Waals surface area contributed by atoms with Gasteiger partial charge in [-0.2, -0.15) is 0 Å². The predicted molar refractivity (Wildman–Crippen MR) is 88.1 cm³/mol. The van der Waals surface area contributed by atoms with E-state index in [1.807, 2.05) is 13.8 Å². The number of rotatable bonds is 5. The maximum absolute atomic E-state index is 11.6. The van der Waals surface area contributed by atoms with Crippen LogP contribution in [0, 0.1) is 0 Å². The van der Waals surface area contributed by atoms with Gasteiger partial charge in [-0.25, -0.2) is 4.79 Å². The molecule has 0 bridgehead atoms. The predicted octanol–water partition coefficient (Wildman–Crippen LogP) is 0.879. The molecule has 2 aliphatic rings. The normalized spacial score (nSPS) is 25.4. The fraction of sp³-hybridized carbons (Fsp3) is 0.938. The van der Waals surface area contributed by atoms with E-state index in [1.165, 1.54) is 25.9 Å². The highest BCUT2D eigenvalue weighted by molar-refractivity contribution is 5.73. The summed E-state index contributed by atoms with van der Waals surface area (Å²) in [6.07, 6.45) is 3.65. The van der Waals surface area contributed by atoms with Gasteiger partial charge in [0, 0.05) is 31.7 Å². The van der Waals surface area contributed by atoms with Crippen molar-refractivity contribution in [3.63, 3.8) is 0 Å². The van der Waals surface area contributed by atoms with E-state index in [4.69, 9.17) is 4.74 Å². The van der Waals surface area contributed by atoms with E-state index < -0.39 is 0 Å². The van der Waals surface area contributed by atoms with E-state index in [-0.39, 0.29) is 18.2 Å². The summed E-state index contributed by atoms with van der Waals surface area (Å²) in [6, 6.07) is 0.795. The van der Waals surface area contributed by atoms with Crippen LogP contribution in [0.2, 0.25) is 0 Å². The summed E-state index contributed by atoms with van der Waals surface area (Å²) in [5, 5.41) is 5.75. The smallest absolute Gasteiger partial charge is 0.314 e. The molecule has 22 heavy (non-hydrogen) atoms. The number of carbonyl (C=O) groups is 1. The lowest BCUT2D eigenvalue weighted by Crippen LogP contribution is -2.51. The molecule has 0 aromatic carbocycles. The van der Waals surface area contributed by atoms with Gasteiger partial charge in [-0.05, 0) is 53.2 Å². The van der Waals surface area contributed by atoms with Gasteiger partial charge >= 0.3 is 6.03 Å². The van der Waals surface area contributed by atoms with Crippen LogP contribution in [0.5, 0.6) is 0 Å². The van der Waals surface area contributed by atoms with Crippen LogP contribution >= 0.6 is 0 Å². The lowest BCUT2D eigenvalue weighted by atomic mass is 10.0. The van der Waals surface area contributed by atoms with Gasteiger partial charge in [-0.1, -0.05) is 0 Å². The van der Waals surface area contributed by atoms with Gasteiger partial charge in [0.1, 0.15) is 0 Å². The molecule has 2 rings (SSSR count). The summed E-state index contributed by atoms with van der Waals surface area (Å²) in [7, 11) is 2.20. The number of likely N-dealkylation sites (tertiary alicyclic amines) is 1. The van der Waals surface area contributed by atoms with E-state index in [2.05, 4.69) is 27.5 Å². The second-order valence-corrected chi connectivity index (χ2v) is 6.87. The summed E-state index contributed by atoms with van der Waals surface area (Å²) < 4.78 is 5.86. The summed E-state index contributed by atoms with van der Waals surface area (Å²) in [6.45, 7) is 9.85. The SMILES string of the molecule is CC(C)NC(=O)NCC[C@@H]1CN(C2CCN(C)CC2)CCO1. The number of urea groups is 1. The zero-order valence-electron chi connectivity index (χ0n) is 14.3. The Kier molecular flexibility index (Phi) is 6.92. The molecular weight excluding hydrogens is 280 g/mol. The van der Waals surface area contributed by atoms with Crippen LogP contribution in [0.25, 0.3) is 0 Å². The van der Waals surface area contributed by atoms with Crippen LogP contribution in [0.15, 0.2) is 0 Å². The molecule has 0 unspecified atom stereocenters. The van der Waals surface area contributed by atoms with Crippen LogP contribution in [0.3, 0.4) is 0 Å². The van der Waals surface area contributed by atoms with Crippen molar-refractivity contribution in [2.75, 3.05) is 46.4 Å². The Morgan fingerprint density at radius 2 is 2.00 bits per heavy atom. The molecule has 6 nitrogen and oxygen atoms in total. The first-order valence-corrected chi connectivity index (χ1v) is 8.63. The van der Waals surface area contributed by atoms with Gasteiger partial charge in [0.15, 0.2) is 0 Å². The Balaban J connectivity index is 1.66. The first-order chi connectivity index (χ1) is 10.5. The molecule has 0 aromatic rings. The molecule has 0 spiro atoms. The van der Waals surface area contributed by atoms with Crippen molar-refractivity contribution < 1.29 is 9.53 Å². The van der Waals surface area contributed by atoms with E-state index in [1.54, 1.807) is 0 Å². The fourth-order valence-electron chi connectivity index (χ4n) is 3.27. The Bertz CT molecular complexity index is 343. The Hall–Kier alpha value is -0.850. The van der Waals surface area contributed by atoms with E-state index in [9.17, 15) is 4.79 Å². The summed E-state index contributed by atoms with van der Waals surface area (Å²) in [5.74, 6) is 0. The number of carbonyl (C=O) groups excluding carboxylic acids is 1. The van der Waals surface area contributed by atoms with Gasteiger partial charge in [0.2, 0.25) is 0 Å². The second kappa shape index (κ2) is 8.70. The van der Waals surface area contributed by atoms with Gasteiger partial charge in [0.25, 0.3) is 0 Å². The van der Waals surface area contributed by atoms with Crippen molar-refractivity contribution in [3.8, 4) is 0 Å². The van der Waals surface area contributed by atoms with Gasteiger partial charge in [-0.15, -0.1) is 0 Å². The maximum Gasteiger partial charge on any atom is 0.314 e. The molecule has 1 atom stereocenters. The highest BCUT2D eigenvalue weighted by atomic mass is 16.5.